The molecule has 4 heterocycles. The Bertz CT molecular complexity index is 712. The van der Waals surface area contributed by atoms with Crippen LogP contribution in [0, 0.1) is 0 Å². The molecule has 0 unspecified atom stereocenters. The maximum absolute atomic E-state index is 12.3. The van der Waals surface area contributed by atoms with Crippen LogP contribution in [0.3, 0.4) is 0 Å². The third kappa shape index (κ3) is 3.48. The Morgan fingerprint density at radius 1 is 1.12 bits per heavy atom. The van der Waals surface area contributed by atoms with Crippen LogP contribution in [0.2, 0.25) is 0 Å². The zero-order valence-corrected chi connectivity index (χ0v) is 15.3. The van der Waals surface area contributed by atoms with Crippen molar-refractivity contribution < 1.29 is 4.79 Å². The van der Waals surface area contributed by atoms with E-state index < -0.39 is 0 Å². The Morgan fingerprint density at radius 2 is 2.00 bits per heavy atom. The zero-order valence-electron chi connectivity index (χ0n) is 13.7. The number of fused-ring (bicyclic) bond motifs is 1. The van der Waals surface area contributed by atoms with Crippen LogP contribution in [-0.4, -0.2) is 41.4 Å². The van der Waals surface area contributed by atoms with Crippen LogP contribution >= 0.6 is 22.7 Å². The molecule has 2 aliphatic heterocycles. The molecule has 0 aromatic carbocycles. The van der Waals surface area contributed by atoms with Gasteiger partial charge in [0.05, 0.1) is 0 Å². The van der Waals surface area contributed by atoms with Crippen molar-refractivity contribution in [2.45, 2.75) is 31.8 Å². The van der Waals surface area contributed by atoms with E-state index in [2.05, 4.69) is 16.3 Å². The summed E-state index contributed by atoms with van der Waals surface area (Å²) < 4.78 is 0. The highest BCUT2D eigenvalue weighted by Gasteiger charge is 2.28. The number of nitrogens with zero attached hydrogens (tertiary/aromatic N) is 2. The third-order valence-corrected chi connectivity index (χ3v) is 6.92. The number of carbonyl (C=O) groups excluding carboxylic acids is 1. The highest BCUT2D eigenvalue weighted by molar-refractivity contribution is 7.10. The Morgan fingerprint density at radius 3 is 2.79 bits per heavy atom. The van der Waals surface area contributed by atoms with Crippen LogP contribution < -0.4 is 0 Å². The highest BCUT2D eigenvalue weighted by atomic mass is 32.1. The minimum atomic E-state index is 0.153. The minimum absolute atomic E-state index is 0.153. The summed E-state index contributed by atoms with van der Waals surface area (Å²) in [4.78, 5) is 19.7. The molecule has 1 saturated heterocycles. The molecule has 1 fully saturated rings. The molecular formula is C19H22N2OS2. The lowest BCUT2D eigenvalue weighted by atomic mass is 9.99. The molecule has 0 atom stereocenters. The Hall–Kier alpha value is -1.43. The summed E-state index contributed by atoms with van der Waals surface area (Å²) in [6.45, 7) is 4.02. The molecule has 0 saturated carbocycles. The van der Waals surface area contributed by atoms with Crippen molar-refractivity contribution in [3.05, 3.63) is 50.4 Å². The zero-order chi connectivity index (χ0) is 16.4. The molecule has 5 heteroatoms. The Kier molecular flexibility index (Phi) is 4.83. The van der Waals surface area contributed by atoms with E-state index in [-0.39, 0.29) is 5.91 Å². The van der Waals surface area contributed by atoms with E-state index in [4.69, 9.17) is 0 Å². The van der Waals surface area contributed by atoms with Gasteiger partial charge in [-0.05, 0) is 53.8 Å². The molecule has 0 spiro atoms. The number of rotatable bonds is 3. The quantitative estimate of drug-likeness (QED) is 0.778. The van der Waals surface area contributed by atoms with E-state index in [1.54, 1.807) is 22.3 Å². The van der Waals surface area contributed by atoms with E-state index in [0.717, 1.165) is 37.4 Å². The second kappa shape index (κ2) is 7.21. The van der Waals surface area contributed by atoms with Gasteiger partial charge in [-0.1, -0.05) is 6.07 Å². The van der Waals surface area contributed by atoms with Gasteiger partial charge in [-0.15, -0.1) is 22.7 Å². The van der Waals surface area contributed by atoms with Gasteiger partial charge in [0.2, 0.25) is 5.91 Å². The fourth-order valence-corrected chi connectivity index (χ4v) is 5.19. The molecule has 2 aromatic heterocycles. The number of carbonyl (C=O) groups is 1. The van der Waals surface area contributed by atoms with Crippen LogP contribution in [-0.2, 0) is 17.8 Å². The molecule has 24 heavy (non-hydrogen) atoms. The smallest absolute Gasteiger partial charge is 0.246 e. The number of amides is 1. The molecule has 1 amide bonds. The van der Waals surface area contributed by atoms with Gasteiger partial charge in [0.1, 0.15) is 0 Å². The predicted molar refractivity (Wildman–Crippen MR) is 101 cm³/mol. The maximum Gasteiger partial charge on any atom is 0.246 e. The Balaban J connectivity index is 1.30. The van der Waals surface area contributed by atoms with Crippen molar-refractivity contribution in [3.63, 3.8) is 0 Å². The third-order valence-electron chi connectivity index (χ3n) is 5.06. The fraction of sp³-hybridized carbons (Fsp3) is 0.421. The van der Waals surface area contributed by atoms with Crippen LogP contribution in [0.25, 0.3) is 6.08 Å². The summed E-state index contributed by atoms with van der Waals surface area (Å²) in [5.74, 6) is 0.153. The lowest BCUT2D eigenvalue weighted by Crippen LogP contribution is -2.47. The van der Waals surface area contributed by atoms with Crippen molar-refractivity contribution in [1.29, 1.82) is 0 Å². The second-order valence-corrected chi connectivity index (χ2v) is 8.47. The first-order valence-corrected chi connectivity index (χ1v) is 10.4. The van der Waals surface area contributed by atoms with E-state index in [9.17, 15) is 4.79 Å². The van der Waals surface area contributed by atoms with Crippen LogP contribution in [0.15, 0.2) is 35.0 Å². The molecule has 0 N–H and O–H groups in total. The van der Waals surface area contributed by atoms with Crippen molar-refractivity contribution in [2.75, 3.05) is 19.6 Å². The number of hydrogen-bond acceptors (Lipinski definition) is 4. The van der Waals surface area contributed by atoms with Crippen LogP contribution in [0.5, 0.6) is 0 Å². The van der Waals surface area contributed by atoms with Gasteiger partial charge in [0.15, 0.2) is 0 Å². The number of thiophene rings is 2. The second-order valence-electron chi connectivity index (χ2n) is 6.49. The normalized spacial score (nSPS) is 19.8. The minimum Gasteiger partial charge on any atom is -0.339 e. The first kappa shape index (κ1) is 16.1. The summed E-state index contributed by atoms with van der Waals surface area (Å²) >= 11 is 3.56. The van der Waals surface area contributed by atoms with Gasteiger partial charge < -0.3 is 4.90 Å². The SMILES string of the molecule is O=C(/C=C/c1cccs1)N1CCC(N2CCc3sccc3C2)CC1. The van der Waals surface area contributed by atoms with Crippen molar-refractivity contribution >= 4 is 34.7 Å². The highest BCUT2D eigenvalue weighted by Crippen LogP contribution is 2.28. The molecule has 4 rings (SSSR count). The largest absolute Gasteiger partial charge is 0.339 e. The van der Waals surface area contributed by atoms with Crippen molar-refractivity contribution in [3.8, 4) is 0 Å². The number of piperidine rings is 1. The average molecular weight is 359 g/mol. The number of likely N-dealkylation sites (tertiary alicyclic amines) is 1. The average Bonchev–Trinajstić information content (AvgIpc) is 3.30. The molecule has 2 aromatic rings. The predicted octanol–water partition coefficient (Wildman–Crippen LogP) is 3.87. The van der Waals surface area contributed by atoms with Gasteiger partial charge in [0, 0.05) is 48.1 Å². The standard InChI is InChI=1S/C19H22N2OS2/c22-19(4-3-17-2-1-12-23-17)20-9-5-16(6-10-20)21-11-7-18-15(14-21)8-13-24-18/h1-4,8,12-13,16H,5-7,9-11,14H2/b4-3+. The maximum atomic E-state index is 12.3. The summed E-state index contributed by atoms with van der Waals surface area (Å²) in [5.41, 5.74) is 1.52. The molecule has 0 radical (unpaired) electrons. The van der Waals surface area contributed by atoms with E-state index in [1.807, 2.05) is 39.8 Å². The van der Waals surface area contributed by atoms with Gasteiger partial charge in [-0.25, -0.2) is 0 Å². The van der Waals surface area contributed by atoms with E-state index >= 15 is 0 Å². The van der Waals surface area contributed by atoms with Gasteiger partial charge in [-0.2, -0.15) is 0 Å². The summed E-state index contributed by atoms with van der Waals surface area (Å²) in [5, 5.41) is 4.25. The fourth-order valence-electron chi connectivity index (χ4n) is 3.68. The molecule has 2 aliphatic rings. The molecular weight excluding hydrogens is 336 g/mol. The topological polar surface area (TPSA) is 23.6 Å². The first-order chi connectivity index (χ1) is 11.8. The van der Waals surface area contributed by atoms with Crippen LogP contribution in [0.4, 0.5) is 0 Å². The molecule has 0 bridgehead atoms. The lowest BCUT2D eigenvalue weighted by Gasteiger charge is -2.40. The Labute approximate surface area is 151 Å². The van der Waals surface area contributed by atoms with Crippen LogP contribution in [0.1, 0.15) is 28.2 Å². The first-order valence-electron chi connectivity index (χ1n) is 8.59. The van der Waals surface area contributed by atoms with Gasteiger partial charge >= 0.3 is 0 Å². The van der Waals surface area contributed by atoms with Gasteiger partial charge in [0.25, 0.3) is 0 Å². The van der Waals surface area contributed by atoms with Crippen molar-refractivity contribution in [2.24, 2.45) is 0 Å². The van der Waals surface area contributed by atoms with Gasteiger partial charge in [-0.3, -0.25) is 9.69 Å². The lowest BCUT2D eigenvalue weighted by molar-refractivity contribution is -0.127. The molecule has 126 valence electrons. The molecule has 0 aliphatic carbocycles. The summed E-state index contributed by atoms with van der Waals surface area (Å²) in [6.07, 6.45) is 7.04. The summed E-state index contributed by atoms with van der Waals surface area (Å²) in [6, 6.07) is 6.96. The van der Waals surface area contributed by atoms with E-state index in [0.29, 0.717) is 6.04 Å². The van der Waals surface area contributed by atoms with Crippen molar-refractivity contribution in [1.82, 2.24) is 9.80 Å². The van der Waals surface area contributed by atoms with E-state index in [1.165, 1.54) is 18.5 Å². The monoisotopic (exact) mass is 358 g/mol. The summed E-state index contributed by atoms with van der Waals surface area (Å²) in [7, 11) is 0. The molecule has 3 nitrogen and oxygen atoms in total. The number of hydrogen-bond donors (Lipinski definition) is 0.